The maximum Gasteiger partial charge on any atom is 0.417 e. The Balaban J connectivity index is 1.89. The summed E-state index contributed by atoms with van der Waals surface area (Å²) in [4.78, 5) is 12.5. The minimum Gasteiger partial charge on any atom is -0.508 e. The number of alkyl halides is 3. The van der Waals surface area contributed by atoms with Crippen LogP contribution in [0.25, 0.3) is 11.1 Å². The fraction of sp³-hybridized carbons (Fsp3) is 0.167. The number of aromatic hydroxyl groups is 1. The minimum atomic E-state index is -4.87. The molecule has 0 saturated heterocycles. The summed E-state index contributed by atoms with van der Waals surface area (Å²) in [7, 11) is -4.28. The third kappa shape index (κ3) is 5.79. The molecule has 1 amide bonds. The fourth-order valence-corrected chi connectivity index (χ4v) is 5.18. The van der Waals surface area contributed by atoms with Gasteiger partial charge in [-0.1, -0.05) is 30.3 Å². The Labute approximate surface area is 199 Å². The van der Waals surface area contributed by atoms with Crippen LogP contribution in [0.4, 0.5) is 18.9 Å². The van der Waals surface area contributed by atoms with E-state index in [1.807, 2.05) is 0 Å². The standard InChI is InChI=1S/C24H19F3N2O5S/c1-23(32,22(31)29-17-9-6-16(13-28)20(12-17)24(25,26)27)14-35(33,34)21-5-3-2-4-19(21)15-7-10-18(30)11-8-15/h2-12,30,32H,14H2,1H3,(H,29,31). The molecule has 0 fully saturated rings. The van der Waals surface area contributed by atoms with Gasteiger partial charge in [0.2, 0.25) is 0 Å². The lowest BCUT2D eigenvalue weighted by atomic mass is 10.1. The molecular weight excluding hydrogens is 485 g/mol. The van der Waals surface area contributed by atoms with Crippen LogP contribution in [0, 0.1) is 11.3 Å². The van der Waals surface area contributed by atoms with Gasteiger partial charge in [0.15, 0.2) is 15.4 Å². The Hall–Kier alpha value is -3.88. The summed E-state index contributed by atoms with van der Waals surface area (Å²) in [5.74, 6) is -2.34. The number of carbonyl (C=O) groups excluding carboxylic acids is 1. The first kappa shape index (κ1) is 25.7. The molecule has 0 spiro atoms. The molecule has 0 heterocycles. The molecule has 3 aromatic carbocycles. The summed E-state index contributed by atoms with van der Waals surface area (Å²) in [5, 5.41) is 31.1. The Bertz CT molecular complexity index is 1410. The molecule has 0 aromatic heterocycles. The predicted octanol–water partition coefficient (Wildman–Crippen LogP) is 4.11. The van der Waals surface area contributed by atoms with Gasteiger partial charge in [-0.3, -0.25) is 4.79 Å². The highest BCUT2D eigenvalue weighted by molar-refractivity contribution is 7.91. The Morgan fingerprint density at radius 3 is 2.29 bits per heavy atom. The fourth-order valence-electron chi connectivity index (χ4n) is 3.35. The van der Waals surface area contributed by atoms with E-state index in [9.17, 15) is 36.6 Å². The molecular formula is C24H19F3N2O5S. The van der Waals surface area contributed by atoms with Gasteiger partial charge in [-0.2, -0.15) is 18.4 Å². The van der Waals surface area contributed by atoms with Crippen molar-refractivity contribution < 1.29 is 36.6 Å². The van der Waals surface area contributed by atoms with Crippen LogP contribution in [0.15, 0.2) is 71.6 Å². The number of nitrogens with zero attached hydrogens (tertiary/aromatic N) is 1. The molecule has 3 N–H and O–H groups in total. The van der Waals surface area contributed by atoms with E-state index in [4.69, 9.17) is 5.26 Å². The van der Waals surface area contributed by atoms with Gasteiger partial charge in [0.1, 0.15) is 5.75 Å². The topological polar surface area (TPSA) is 127 Å². The molecule has 0 aliphatic rings. The van der Waals surface area contributed by atoms with Crippen molar-refractivity contribution in [3.8, 4) is 22.9 Å². The quantitative estimate of drug-likeness (QED) is 0.464. The monoisotopic (exact) mass is 504 g/mol. The summed E-state index contributed by atoms with van der Waals surface area (Å²) in [6.45, 7) is 0.928. The molecule has 35 heavy (non-hydrogen) atoms. The van der Waals surface area contributed by atoms with E-state index in [2.05, 4.69) is 5.32 Å². The van der Waals surface area contributed by atoms with Crippen molar-refractivity contribution in [3.05, 3.63) is 77.9 Å². The zero-order valence-corrected chi connectivity index (χ0v) is 19.0. The van der Waals surface area contributed by atoms with Crippen molar-refractivity contribution in [3.63, 3.8) is 0 Å². The lowest BCUT2D eigenvalue weighted by Gasteiger charge is -2.23. The summed E-state index contributed by atoms with van der Waals surface area (Å²) in [6, 6.07) is 15.4. The molecule has 0 bridgehead atoms. The molecule has 0 saturated carbocycles. The first-order valence-electron chi connectivity index (χ1n) is 10.0. The zero-order valence-electron chi connectivity index (χ0n) is 18.2. The molecule has 182 valence electrons. The highest BCUT2D eigenvalue weighted by Crippen LogP contribution is 2.34. The average molecular weight is 504 g/mol. The number of anilines is 1. The molecule has 0 radical (unpaired) electrons. The number of aliphatic hydroxyl groups is 1. The van der Waals surface area contributed by atoms with Gasteiger partial charge < -0.3 is 15.5 Å². The van der Waals surface area contributed by atoms with E-state index in [-0.39, 0.29) is 21.9 Å². The average Bonchev–Trinajstić information content (AvgIpc) is 2.78. The van der Waals surface area contributed by atoms with Gasteiger partial charge in [-0.15, -0.1) is 0 Å². The maximum absolute atomic E-state index is 13.2. The van der Waals surface area contributed by atoms with E-state index in [1.165, 1.54) is 48.5 Å². The first-order valence-corrected chi connectivity index (χ1v) is 11.7. The van der Waals surface area contributed by atoms with Gasteiger partial charge in [0, 0.05) is 11.3 Å². The summed E-state index contributed by atoms with van der Waals surface area (Å²) in [6.07, 6.45) is -4.87. The second kappa shape index (κ2) is 9.40. The van der Waals surface area contributed by atoms with Gasteiger partial charge in [0.25, 0.3) is 5.91 Å². The van der Waals surface area contributed by atoms with Crippen LogP contribution in [-0.2, 0) is 20.8 Å². The minimum absolute atomic E-state index is 0.0230. The largest absolute Gasteiger partial charge is 0.508 e. The smallest absolute Gasteiger partial charge is 0.417 e. The molecule has 3 rings (SSSR count). The second-order valence-corrected chi connectivity index (χ2v) is 9.86. The molecule has 7 nitrogen and oxygen atoms in total. The lowest BCUT2D eigenvalue weighted by molar-refractivity contribution is -0.137. The molecule has 0 aliphatic heterocycles. The van der Waals surface area contributed by atoms with Crippen LogP contribution >= 0.6 is 0 Å². The highest BCUT2D eigenvalue weighted by Gasteiger charge is 2.38. The number of sulfone groups is 1. The third-order valence-electron chi connectivity index (χ3n) is 5.06. The number of phenols is 1. The van der Waals surface area contributed by atoms with Crippen molar-refractivity contribution in [2.24, 2.45) is 0 Å². The van der Waals surface area contributed by atoms with Crippen molar-refractivity contribution in [2.75, 3.05) is 11.1 Å². The third-order valence-corrected chi connectivity index (χ3v) is 7.03. The van der Waals surface area contributed by atoms with Crippen molar-refractivity contribution in [1.29, 1.82) is 5.26 Å². The molecule has 0 aliphatic carbocycles. The van der Waals surface area contributed by atoms with Crippen LogP contribution in [0.1, 0.15) is 18.1 Å². The molecule has 1 atom stereocenters. The van der Waals surface area contributed by atoms with E-state index < -0.39 is 44.4 Å². The summed E-state index contributed by atoms with van der Waals surface area (Å²) in [5.41, 5.74) is -4.10. The number of hydrogen-bond donors (Lipinski definition) is 3. The number of phenolic OH excluding ortho intramolecular Hbond substituents is 1. The number of carbonyl (C=O) groups is 1. The SMILES string of the molecule is CC(O)(CS(=O)(=O)c1ccccc1-c1ccc(O)cc1)C(=O)Nc1ccc(C#N)c(C(F)(F)F)c1. The van der Waals surface area contributed by atoms with E-state index in [1.54, 1.807) is 6.07 Å². The molecule has 1 unspecified atom stereocenters. The van der Waals surface area contributed by atoms with Gasteiger partial charge in [-0.05, 0) is 48.9 Å². The number of nitriles is 1. The second-order valence-electron chi connectivity index (χ2n) is 7.90. The maximum atomic E-state index is 13.2. The van der Waals surface area contributed by atoms with Gasteiger partial charge >= 0.3 is 6.18 Å². The first-order chi connectivity index (χ1) is 16.2. The van der Waals surface area contributed by atoms with Crippen LogP contribution in [0.2, 0.25) is 0 Å². The van der Waals surface area contributed by atoms with Crippen molar-refractivity contribution >= 4 is 21.4 Å². The number of halogens is 3. The van der Waals surface area contributed by atoms with Crippen molar-refractivity contribution in [2.45, 2.75) is 23.6 Å². The molecule has 11 heteroatoms. The van der Waals surface area contributed by atoms with Crippen molar-refractivity contribution in [1.82, 2.24) is 0 Å². The predicted molar refractivity (Wildman–Crippen MR) is 121 cm³/mol. The van der Waals surface area contributed by atoms with E-state index in [0.717, 1.165) is 19.1 Å². The lowest BCUT2D eigenvalue weighted by Crippen LogP contribution is -2.45. The number of amides is 1. The van der Waals surface area contributed by atoms with E-state index in [0.29, 0.717) is 11.6 Å². The Morgan fingerprint density at radius 2 is 1.69 bits per heavy atom. The van der Waals surface area contributed by atoms with Crippen LogP contribution in [0.3, 0.4) is 0 Å². The summed E-state index contributed by atoms with van der Waals surface area (Å²) < 4.78 is 65.9. The highest BCUT2D eigenvalue weighted by atomic mass is 32.2. The number of rotatable bonds is 6. The molecule has 3 aromatic rings. The van der Waals surface area contributed by atoms with Crippen LogP contribution in [-0.4, -0.2) is 35.9 Å². The summed E-state index contributed by atoms with van der Waals surface area (Å²) >= 11 is 0. The zero-order chi connectivity index (χ0) is 26.0. The van der Waals surface area contributed by atoms with Gasteiger partial charge in [0.05, 0.1) is 27.8 Å². The van der Waals surface area contributed by atoms with Crippen LogP contribution in [0.5, 0.6) is 5.75 Å². The normalized spacial score (nSPS) is 13.5. The van der Waals surface area contributed by atoms with Gasteiger partial charge in [-0.25, -0.2) is 8.42 Å². The number of hydrogen-bond acceptors (Lipinski definition) is 6. The number of nitrogens with one attached hydrogen (secondary N) is 1. The van der Waals surface area contributed by atoms with Crippen LogP contribution < -0.4 is 5.32 Å². The number of benzene rings is 3. The Morgan fingerprint density at radius 1 is 1.06 bits per heavy atom. The Kier molecular flexibility index (Phi) is 6.91. The van der Waals surface area contributed by atoms with E-state index >= 15 is 0 Å².